The summed E-state index contributed by atoms with van der Waals surface area (Å²) in [5, 5.41) is 7.66. The summed E-state index contributed by atoms with van der Waals surface area (Å²) in [4.78, 5) is 0. The third-order valence-corrected chi connectivity index (χ3v) is 2.57. The van der Waals surface area contributed by atoms with Crippen molar-refractivity contribution in [1.82, 2.24) is 21.8 Å². The van der Waals surface area contributed by atoms with Crippen molar-refractivity contribution in [3.05, 3.63) is 35.9 Å². The first-order valence-electron chi connectivity index (χ1n) is 5.89. The number of nitrogens with zero attached hydrogens (tertiary/aromatic N) is 1. The van der Waals surface area contributed by atoms with Gasteiger partial charge in [0, 0.05) is 6.04 Å². The normalized spacial score (nSPS) is 16.3. The molecular formula is C12H19N5. The number of hydrogen-bond donors (Lipinski definition) is 4. The number of rotatable bonds is 5. The highest BCUT2D eigenvalue weighted by Gasteiger charge is 2.19. The molecule has 1 aliphatic rings. The number of nitrogens with one attached hydrogen (secondary N) is 4. The molecule has 5 nitrogen and oxygen atoms in total. The Labute approximate surface area is 102 Å². The molecule has 2 rings (SSSR count). The Morgan fingerprint density at radius 2 is 2.00 bits per heavy atom. The van der Waals surface area contributed by atoms with Crippen molar-refractivity contribution in [2.45, 2.75) is 32.4 Å². The fourth-order valence-corrected chi connectivity index (χ4v) is 1.86. The number of hydrazine groups is 2. The quantitative estimate of drug-likeness (QED) is 0.599. The maximum Gasteiger partial charge on any atom is 0.156 e. The zero-order chi connectivity index (χ0) is 12.1. The molecule has 0 bridgehead atoms. The molecule has 0 saturated carbocycles. The largest absolute Gasteiger partial charge is 0.305 e. The van der Waals surface area contributed by atoms with Gasteiger partial charge in [-0.1, -0.05) is 44.2 Å². The molecule has 1 aliphatic heterocycles. The zero-order valence-electron chi connectivity index (χ0n) is 10.2. The molecule has 1 heterocycles. The van der Waals surface area contributed by atoms with Gasteiger partial charge in [0.15, 0.2) is 5.84 Å². The highest BCUT2D eigenvalue weighted by atomic mass is 15.8. The van der Waals surface area contributed by atoms with Gasteiger partial charge in [-0.2, -0.15) is 0 Å². The minimum absolute atomic E-state index is 0.180. The van der Waals surface area contributed by atoms with Gasteiger partial charge in [0.2, 0.25) is 0 Å². The highest BCUT2D eigenvalue weighted by Crippen LogP contribution is 2.05. The first-order chi connectivity index (χ1) is 8.25. The van der Waals surface area contributed by atoms with Crippen LogP contribution in [0.4, 0.5) is 0 Å². The van der Waals surface area contributed by atoms with Crippen LogP contribution < -0.4 is 21.8 Å². The van der Waals surface area contributed by atoms with Crippen LogP contribution in [0.1, 0.15) is 19.4 Å². The van der Waals surface area contributed by atoms with Crippen molar-refractivity contribution < 1.29 is 0 Å². The molecule has 4 N–H and O–H groups in total. The molecule has 0 fully saturated rings. The van der Waals surface area contributed by atoms with Crippen LogP contribution in [0.15, 0.2) is 35.4 Å². The Bertz CT molecular complexity index is 374. The van der Waals surface area contributed by atoms with Crippen LogP contribution in [0.25, 0.3) is 0 Å². The van der Waals surface area contributed by atoms with Crippen molar-refractivity contribution in [3.63, 3.8) is 0 Å². The van der Waals surface area contributed by atoms with Crippen molar-refractivity contribution in [1.29, 1.82) is 0 Å². The lowest BCUT2D eigenvalue weighted by Crippen LogP contribution is -2.49. The van der Waals surface area contributed by atoms with Crippen LogP contribution in [-0.4, -0.2) is 17.9 Å². The average Bonchev–Trinajstić information content (AvgIpc) is 2.82. The minimum atomic E-state index is 0.180. The summed E-state index contributed by atoms with van der Waals surface area (Å²) >= 11 is 0. The smallest absolute Gasteiger partial charge is 0.156 e. The molecule has 0 saturated heterocycles. The number of amidine groups is 1. The second-order valence-electron chi connectivity index (χ2n) is 4.42. The van der Waals surface area contributed by atoms with Gasteiger partial charge in [0.1, 0.15) is 0 Å². The van der Waals surface area contributed by atoms with Gasteiger partial charge in [0.25, 0.3) is 0 Å². The molecule has 1 aromatic carbocycles. The van der Waals surface area contributed by atoms with Crippen LogP contribution in [0.3, 0.4) is 0 Å². The summed E-state index contributed by atoms with van der Waals surface area (Å²) in [6.45, 7) is 4.27. The first kappa shape index (κ1) is 11.9. The number of hydrazone groups is 1. The van der Waals surface area contributed by atoms with E-state index in [1.165, 1.54) is 5.56 Å². The SMILES string of the molecule is CC(C)N[C@@H](Cc1ccccc1)C1=NNNN1. The number of hydrogen-bond acceptors (Lipinski definition) is 5. The van der Waals surface area contributed by atoms with Crippen LogP contribution in [-0.2, 0) is 6.42 Å². The van der Waals surface area contributed by atoms with Gasteiger partial charge < -0.3 is 5.32 Å². The van der Waals surface area contributed by atoms with Crippen molar-refractivity contribution in [3.8, 4) is 0 Å². The predicted octanol–water partition coefficient (Wildman–Crippen LogP) is 0.522. The van der Waals surface area contributed by atoms with Gasteiger partial charge in [-0.25, -0.2) is 5.53 Å². The van der Waals surface area contributed by atoms with E-state index in [1.54, 1.807) is 0 Å². The Kier molecular flexibility index (Phi) is 3.95. The summed E-state index contributed by atoms with van der Waals surface area (Å²) in [6, 6.07) is 11.0. The molecule has 1 aromatic rings. The molecule has 0 aliphatic carbocycles. The fourth-order valence-electron chi connectivity index (χ4n) is 1.86. The first-order valence-corrected chi connectivity index (χ1v) is 5.89. The second-order valence-corrected chi connectivity index (χ2v) is 4.42. The van der Waals surface area contributed by atoms with Crippen LogP contribution >= 0.6 is 0 Å². The predicted molar refractivity (Wildman–Crippen MR) is 69.0 cm³/mol. The van der Waals surface area contributed by atoms with Gasteiger partial charge >= 0.3 is 0 Å². The average molecular weight is 233 g/mol. The molecule has 17 heavy (non-hydrogen) atoms. The van der Waals surface area contributed by atoms with E-state index in [0.717, 1.165) is 12.3 Å². The molecule has 0 spiro atoms. The Morgan fingerprint density at radius 1 is 1.24 bits per heavy atom. The third-order valence-electron chi connectivity index (χ3n) is 2.57. The van der Waals surface area contributed by atoms with E-state index in [4.69, 9.17) is 0 Å². The van der Waals surface area contributed by atoms with Crippen molar-refractivity contribution in [2.75, 3.05) is 0 Å². The van der Waals surface area contributed by atoms with E-state index in [9.17, 15) is 0 Å². The van der Waals surface area contributed by atoms with Gasteiger partial charge in [-0.15, -0.1) is 10.6 Å². The Morgan fingerprint density at radius 3 is 2.59 bits per heavy atom. The molecule has 0 aromatic heterocycles. The van der Waals surface area contributed by atoms with E-state index in [1.807, 2.05) is 6.07 Å². The standard InChI is InChI=1S/C12H19N5/c1-9(2)13-11(12-14-16-17-15-12)8-10-6-4-3-5-7-10/h3-7,9,11,13,16-17H,8H2,1-2H3,(H,14,15)/t11-/m0/s1. The van der Waals surface area contributed by atoms with E-state index < -0.39 is 0 Å². The number of benzene rings is 1. The summed E-state index contributed by atoms with van der Waals surface area (Å²) in [5.41, 5.74) is 9.77. The minimum Gasteiger partial charge on any atom is -0.305 e. The van der Waals surface area contributed by atoms with E-state index in [0.29, 0.717) is 6.04 Å². The fraction of sp³-hybridized carbons (Fsp3) is 0.417. The molecule has 0 unspecified atom stereocenters. The van der Waals surface area contributed by atoms with E-state index in [2.05, 4.69) is 65.0 Å². The van der Waals surface area contributed by atoms with E-state index in [-0.39, 0.29) is 6.04 Å². The summed E-state index contributed by atoms with van der Waals surface area (Å²) in [6.07, 6.45) is 0.911. The highest BCUT2D eigenvalue weighted by molar-refractivity contribution is 5.87. The molecule has 0 amide bonds. The topological polar surface area (TPSA) is 60.5 Å². The summed E-state index contributed by atoms with van der Waals surface area (Å²) in [5.74, 6) is 0.891. The Hall–Kier alpha value is -1.59. The molecule has 1 atom stereocenters. The van der Waals surface area contributed by atoms with Crippen LogP contribution in [0, 0.1) is 0 Å². The molecule has 0 radical (unpaired) electrons. The lowest BCUT2D eigenvalue weighted by atomic mass is 10.0. The van der Waals surface area contributed by atoms with Crippen molar-refractivity contribution >= 4 is 5.84 Å². The zero-order valence-corrected chi connectivity index (χ0v) is 10.2. The second kappa shape index (κ2) is 5.65. The third kappa shape index (κ3) is 3.44. The molecular weight excluding hydrogens is 214 g/mol. The van der Waals surface area contributed by atoms with Gasteiger partial charge in [-0.3, -0.25) is 5.43 Å². The molecule has 92 valence electrons. The Balaban J connectivity index is 2.05. The molecule has 5 heteroatoms. The summed E-state index contributed by atoms with van der Waals surface area (Å²) < 4.78 is 0. The van der Waals surface area contributed by atoms with Gasteiger partial charge in [-0.05, 0) is 12.0 Å². The maximum absolute atomic E-state index is 4.17. The lowest BCUT2D eigenvalue weighted by Gasteiger charge is -2.20. The summed E-state index contributed by atoms with van der Waals surface area (Å²) in [7, 11) is 0. The van der Waals surface area contributed by atoms with Crippen molar-refractivity contribution in [2.24, 2.45) is 5.10 Å². The van der Waals surface area contributed by atoms with Crippen LogP contribution in [0.2, 0.25) is 0 Å². The van der Waals surface area contributed by atoms with Crippen LogP contribution in [0.5, 0.6) is 0 Å². The monoisotopic (exact) mass is 233 g/mol. The lowest BCUT2D eigenvalue weighted by molar-refractivity contribution is 0.525. The maximum atomic E-state index is 4.17. The van der Waals surface area contributed by atoms with Gasteiger partial charge in [0.05, 0.1) is 6.04 Å². The van der Waals surface area contributed by atoms with E-state index >= 15 is 0 Å².